The molecule has 2 unspecified atom stereocenters. The van der Waals surface area contributed by atoms with Gasteiger partial charge in [0.1, 0.15) is 11.8 Å². The molecule has 1 aliphatic heterocycles. The van der Waals surface area contributed by atoms with Crippen LogP contribution in [0.3, 0.4) is 0 Å². The van der Waals surface area contributed by atoms with Gasteiger partial charge in [-0.25, -0.2) is 4.79 Å². The quantitative estimate of drug-likeness (QED) is 0.622. The van der Waals surface area contributed by atoms with Gasteiger partial charge in [0.25, 0.3) is 0 Å². The Morgan fingerprint density at radius 1 is 1.25 bits per heavy atom. The molecule has 7 nitrogen and oxygen atoms in total. The van der Waals surface area contributed by atoms with Crippen LogP contribution in [0.4, 0.5) is 11.4 Å². The molecule has 0 saturated carbocycles. The normalized spacial score (nSPS) is 18.8. The van der Waals surface area contributed by atoms with Crippen molar-refractivity contribution in [3.8, 4) is 0 Å². The van der Waals surface area contributed by atoms with Gasteiger partial charge in [-0.05, 0) is 45.0 Å². The molecule has 0 amide bonds. The second-order valence-electron chi connectivity index (χ2n) is 6.66. The van der Waals surface area contributed by atoms with Crippen molar-refractivity contribution in [2.24, 2.45) is 5.73 Å². The third-order valence-corrected chi connectivity index (χ3v) is 3.54. The van der Waals surface area contributed by atoms with Crippen molar-refractivity contribution >= 4 is 17.3 Å². The molecule has 0 bridgehead atoms. The van der Waals surface area contributed by atoms with Gasteiger partial charge < -0.3 is 30.7 Å². The van der Waals surface area contributed by atoms with Crippen molar-refractivity contribution in [1.29, 1.82) is 0 Å². The summed E-state index contributed by atoms with van der Waals surface area (Å²) >= 11 is 0. The number of methoxy groups -OCH3 is 1. The number of hydrogen-bond acceptors (Lipinski definition) is 7. The number of nitrogens with two attached hydrogens (primary N) is 2. The summed E-state index contributed by atoms with van der Waals surface area (Å²) in [5.74, 6) is -0.479. The van der Waals surface area contributed by atoms with E-state index in [0.717, 1.165) is 5.69 Å². The lowest BCUT2D eigenvalue weighted by molar-refractivity contribution is -0.161. The minimum absolute atomic E-state index is 0.249. The third-order valence-electron chi connectivity index (χ3n) is 3.54. The van der Waals surface area contributed by atoms with E-state index < -0.39 is 17.7 Å². The maximum Gasteiger partial charge on any atom is 0.344 e. The van der Waals surface area contributed by atoms with Crippen molar-refractivity contribution in [3.05, 3.63) is 36.7 Å². The van der Waals surface area contributed by atoms with Crippen LogP contribution in [0.15, 0.2) is 36.7 Å². The van der Waals surface area contributed by atoms with E-state index in [4.69, 9.17) is 20.9 Å². The van der Waals surface area contributed by atoms with Crippen LogP contribution in [0.5, 0.6) is 0 Å². The molecule has 2 rings (SSSR count). The molecule has 24 heavy (non-hydrogen) atoms. The summed E-state index contributed by atoms with van der Waals surface area (Å²) in [5.41, 5.74) is 12.9. The van der Waals surface area contributed by atoms with Crippen LogP contribution in [-0.2, 0) is 14.3 Å². The van der Waals surface area contributed by atoms with E-state index in [-0.39, 0.29) is 6.17 Å². The Bertz CT molecular complexity index is 595. The number of carbonyl (C=O) groups is 1. The first-order valence-corrected chi connectivity index (χ1v) is 7.80. The summed E-state index contributed by atoms with van der Waals surface area (Å²) in [4.78, 5) is 16.0. The average molecular weight is 334 g/mol. The fourth-order valence-corrected chi connectivity index (χ4v) is 2.47. The summed E-state index contributed by atoms with van der Waals surface area (Å²) in [6.07, 6.45) is 2.47. The molecule has 1 aromatic carbocycles. The molecular formula is C17H26N4O3. The number of benzene rings is 1. The molecule has 0 radical (unpaired) electrons. The number of nitrogens with zero attached hydrogens (tertiary/aromatic N) is 2. The SMILES string of the molecule is COCC1N(c2ccc(N)cc2)C=CN1C(N)C(=O)OC(C)(C)C. The zero-order chi connectivity index (χ0) is 17.9. The Labute approximate surface area is 142 Å². The summed E-state index contributed by atoms with van der Waals surface area (Å²) in [6, 6.07) is 7.46. The maximum atomic E-state index is 12.3. The first-order chi connectivity index (χ1) is 11.2. The molecular weight excluding hydrogens is 308 g/mol. The Balaban J connectivity index is 2.17. The van der Waals surface area contributed by atoms with Crippen molar-refractivity contribution in [2.45, 2.75) is 38.7 Å². The number of rotatable bonds is 5. The molecule has 1 heterocycles. The Morgan fingerprint density at radius 2 is 1.88 bits per heavy atom. The lowest BCUT2D eigenvalue weighted by atomic mass is 10.2. The molecule has 2 atom stereocenters. The number of nitrogen functional groups attached to an aromatic ring is 1. The van der Waals surface area contributed by atoms with Crippen LogP contribution < -0.4 is 16.4 Å². The first-order valence-electron chi connectivity index (χ1n) is 7.80. The van der Waals surface area contributed by atoms with E-state index in [1.165, 1.54) is 0 Å². The van der Waals surface area contributed by atoms with Gasteiger partial charge in [-0.1, -0.05) is 0 Å². The van der Waals surface area contributed by atoms with Gasteiger partial charge in [-0.2, -0.15) is 0 Å². The van der Waals surface area contributed by atoms with E-state index in [0.29, 0.717) is 12.3 Å². The van der Waals surface area contributed by atoms with Gasteiger partial charge in [-0.15, -0.1) is 0 Å². The monoisotopic (exact) mass is 334 g/mol. The average Bonchev–Trinajstić information content (AvgIpc) is 2.89. The number of anilines is 2. The van der Waals surface area contributed by atoms with Crippen LogP contribution in [0.25, 0.3) is 0 Å². The van der Waals surface area contributed by atoms with E-state index in [2.05, 4.69) is 0 Å². The molecule has 132 valence electrons. The van der Waals surface area contributed by atoms with E-state index in [9.17, 15) is 4.79 Å². The molecule has 0 aliphatic carbocycles. The second-order valence-corrected chi connectivity index (χ2v) is 6.66. The fourth-order valence-electron chi connectivity index (χ4n) is 2.47. The van der Waals surface area contributed by atoms with Gasteiger partial charge in [0.2, 0.25) is 0 Å². The number of hydrogen-bond donors (Lipinski definition) is 2. The first kappa shape index (κ1) is 18.1. The van der Waals surface area contributed by atoms with Crippen LogP contribution in [0.2, 0.25) is 0 Å². The van der Waals surface area contributed by atoms with Gasteiger partial charge in [-0.3, -0.25) is 0 Å². The molecule has 0 saturated heterocycles. The summed E-state index contributed by atoms with van der Waals surface area (Å²) in [7, 11) is 1.61. The van der Waals surface area contributed by atoms with Crippen molar-refractivity contribution in [3.63, 3.8) is 0 Å². The zero-order valence-electron chi connectivity index (χ0n) is 14.6. The third kappa shape index (κ3) is 4.18. The molecule has 0 aromatic heterocycles. The van der Waals surface area contributed by atoms with E-state index in [1.54, 1.807) is 18.2 Å². The highest BCUT2D eigenvalue weighted by Crippen LogP contribution is 2.27. The molecule has 0 spiro atoms. The van der Waals surface area contributed by atoms with Gasteiger partial charge in [0.05, 0.1) is 6.61 Å². The fraction of sp³-hybridized carbons (Fsp3) is 0.471. The molecule has 1 aromatic rings. The Hall–Kier alpha value is -2.25. The molecule has 7 heteroatoms. The van der Waals surface area contributed by atoms with E-state index in [1.807, 2.05) is 56.1 Å². The van der Waals surface area contributed by atoms with Crippen molar-refractivity contribution < 1.29 is 14.3 Å². The minimum atomic E-state index is -0.917. The largest absolute Gasteiger partial charge is 0.457 e. The van der Waals surface area contributed by atoms with Gasteiger partial charge in [0.15, 0.2) is 6.17 Å². The second kappa shape index (κ2) is 7.11. The van der Waals surface area contributed by atoms with E-state index >= 15 is 0 Å². The van der Waals surface area contributed by atoms with Crippen LogP contribution in [-0.4, -0.2) is 42.5 Å². The number of esters is 1. The predicted octanol–water partition coefficient (Wildman–Crippen LogP) is 1.46. The maximum absolute atomic E-state index is 12.3. The molecule has 1 aliphatic rings. The lowest BCUT2D eigenvalue weighted by Gasteiger charge is -2.35. The zero-order valence-corrected chi connectivity index (χ0v) is 14.6. The number of carbonyl (C=O) groups excluding carboxylic acids is 1. The highest BCUT2D eigenvalue weighted by Gasteiger charge is 2.35. The number of ether oxygens (including phenoxy) is 2. The van der Waals surface area contributed by atoms with Crippen LogP contribution >= 0.6 is 0 Å². The standard InChI is InChI=1S/C17H26N4O3/c1-17(2,3)24-16(22)15(19)21-10-9-20(14(21)11-23-4)13-7-5-12(18)6-8-13/h5-10,14-15H,11,18-19H2,1-4H3. The summed E-state index contributed by atoms with van der Waals surface area (Å²) < 4.78 is 10.7. The minimum Gasteiger partial charge on any atom is -0.457 e. The summed E-state index contributed by atoms with van der Waals surface area (Å²) in [5, 5.41) is 0. The Morgan fingerprint density at radius 3 is 2.42 bits per heavy atom. The van der Waals surface area contributed by atoms with Gasteiger partial charge >= 0.3 is 5.97 Å². The molecule has 0 fully saturated rings. The predicted molar refractivity (Wildman–Crippen MR) is 93.8 cm³/mol. The van der Waals surface area contributed by atoms with Crippen molar-refractivity contribution in [2.75, 3.05) is 24.4 Å². The lowest BCUT2D eigenvalue weighted by Crippen LogP contribution is -2.54. The smallest absolute Gasteiger partial charge is 0.344 e. The van der Waals surface area contributed by atoms with Crippen LogP contribution in [0.1, 0.15) is 20.8 Å². The summed E-state index contributed by atoms with van der Waals surface area (Å²) in [6.45, 7) is 5.80. The van der Waals surface area contributed by atoms with Crippen molar-refractivity contribution in [1.82, 2.24) is 4.90 Å². The highest BCUT2D eigenvalue weighted by molar-refractivity contribution is 5.76. The Kier molecular flexibility index (Phi) is 5.36. The highest BCUT2D eigenvalue weighted by atomic mass is 16.6. The van der Waals surface area contributed by atoms with Crippen LogP contribution in [0, 0.1) is 0 Å². The van der Waals surface area contributed by atoms with Gasteiger partial charge in [0, 0.05) is 30.9 Å². The molecule has 4 N–H and O–H groups in total. The topological polar surface area (TPSA) is 94.0 Å².